The Morgan fingerprint density at radius 2 is 1.52 bits per heavy atom. The Bertz CT molecular complexity index is 607. The third-order valence-electron chi connectivity index (χ3n) is 3.18. The summed E-state index contributed by atoms with van der Waals surface area (Å²) in [6.45, 7) is 0.596. The van der Waals surface area contributed by atoms with Gasteiger partial charge in [0.15, 0.2) is 0 Å². The van der Waals surface area contributed by atoms with Crippen molar-refractivity contribution in [3.63, 3.8) is 0 Å². The van der Waals surface area contributed by atoms with Crippen LogP contribution in [0.4, 0.5) is 0 Å². The number of carbonyl (C=O) groups excluding carboxylic acids is 3. The lowest BCUT2D eigenvalue weighted by Gasteiger charge is -2.20. The number of aliphatic carboxylic acids is 3. The maximum Gasteiger partial charge on any atom is 0.325 e. The van der Waals surface area contributed by atoms with E-state index in [9.17, 15) is 28.8 Å². The minimum atomic E-state index is -1.46. The third-order valence-corrected chi connectivity index (χ3v) is 3.18. The van der Waals surface area contributed by atoms with Crippen LogP contribution in [-0.2, 0) is 28.8 Å². The first-order valence-electron chi connectivity index (χ1n) is 7.73. The summed E-state index contributed by atoms with van der Waals surface area (Å²) in [6.07, 6.45) is -1.52. The molecule has 3 atom stereocenters. The lowest BCUT2D eigenvalue weighted by Crippen LogP contribution is -2.53. The molecule has 0 aromatic carbocycles. The molecule has 0 aliphatic heterocycles. The molecule has 3 amide bonds. The standard InChI is InChI=1S/C14H22N4O9/c1-6(14(26)27)17-9(19)5-16-13(25)8(2-3-10(20)21)18-12(24)7(15)4-11(22)23/h6-8H,2-5,15H2,1H3,(H,16,25)(H,17,19)(H,18,24)(H,20,21)(H,22,23)(H,26,27). The van der Waals surface area contributed by atoms with Crippen molar-refractivity contribution in [1.29, 1.82) is 0 Å². The molecule has 13 heteroatoms. The first-order valence-corrected chi connectivity index (χ1v) is 7.73. The Morgan fingerprint density at radius 1 is 0.926 bits per heavy atom. The molecule has 0 fully saturated rings. The molecule has 27 heavy (non-hydrogen) atoms. The number of carboxylic acid groups (broad SMARTS) is 3. The summed E-state index contributed by atoms with van der Waals surface area (Å²) in [7, 11) is 0. The van der Waals surface area contributed by atoms with Crippen molar-refractivity contribution in [3.8, 4) is 0 Å². The summed E-state index contributed by atoms with van der Waals surface area (Å²) in [5.74, 6) is -6.58. The predicted molar refractivity (Wildman–Crippen MR) is 87.3 cm³/mol. The van der Waals surface area contributed by atoms with Crippen molar-refractivity contribution in [1.82, 2.24) is 16.0 Å². The van der Waals surface area contributed by atoms with Crippen molar-refractivity contribution >= 4 is 35.6 Å². The Balaban J connectivity index is 4.81. The Kier molecular flexibility index (Phi) is 10.0. The second kappa shape index (κ2) is 11.4. The van der Waals surface area contributed by atoms with E-state index in [1.807, 2.05) is 0 Å². The fourth-order valence-electron chi connectivity index (χ4n) is 1.74. The van der Waals surface area contributed by atoms with Crippen molar-refractivity contribution in [3.05, 3.63) is 0 Å². The van der Waals surface area contributed by atoms with Gasteiger partial charge in [0.2, 0.25) is 17.7 Å². The molecule has 0 saturated heterocycles. The summed E-state index contributed by atoms with van der Waals surface area (Å²) in [5, 5.41) is 32.3. The SMILES string of the molecule is CC(NC(=O)CNC(=O)C(CCC(=O)O)NC(=O)C(N)CC(=O)O)C(=O)O. The van der Waals surface area contributed by atoms with Crippen LogP contribution >= 0.6 is 0 Å². The number of hydrogen-bond donors (Lipinski definition) is 7. The molecule has 0 aromatic heterocycles. The number of nitrogens with two attached hydrogens (primary N) is 1. The summed E-state index contributed by atoms with van der Waals surface area (Å²) in [4.78, 5) is 67.3. The molecule has 0 heterocycles. The molecule has 0 spiro atoms. The number of hydrogen-bond acceptors (Lipinski definition) is 7. The summed E-state index contributed by atoms with van der Waals surface area (Å²) < 4.78 is 0. The maximum absolute atomic E-state index is 12.1. The van der Waals surface area contributed by atoms with Gasteiger partial charge in [-0.25, -0.2) is 0 Å². The highest BCUT2D eigenvalue weighted by Crippen LogP contribution is 2.00. The fourth-order valence-corrected chi connectivity index (χ4v) is 1.74. The van der Waals surface area contributed by atoms with Crippen molar-refractivity contribution in [2.45, 2.75) is 44.3 Å². The largest absolute Gasteiger partial charge is 0.481 e. The van der Waals surface area contributed by atoms with E-state index in [-0.39, 0.29) is 6.42 Å². The van der Waals surface area contributed by atoms with Gasteiger partial charge in [-0.3, -0.25) is 28.8 Å². The average molecular weight is 390 g/mol. The van der Waals surface area contributed by atoms with Gasteiger partial charge in [-0.05, 0) is 13.3 Å². The number of amides is 3. The molecule has 0 saturated carbocycles. The van der Waals surface area contributed by atoms with E-state index in [0.717, 1.165) is 0 Å². The molecular weight excluding hydrogens is 368 g/mol. The van der Waals surface area contributed by atoms with Crippen LogP contribution < -0.4 is 21.7 Å². The quantitative estimate of drug-likeness (QED) is 0.177. The summed E-state index contributed by atoms with van der Waals surface area (Å²) in [5.41, 5.74) is 5.37. The van der Waals surface area contributed by atoms with Gasteiger partial charge in [0.25, 0.3) is 0 Å². The van der Waals surface area contributed by atoms with Gasteiger partial charge < -0.3 is 37.0 Å². The molecule has 152 valence electrons. The van der Waals surface area contributed by atoms with Gasteiger partial charge in [-0.2, -0.15) is 0 Å². The van der Waals surface area contributed by atoms with Gasteiger partial charge in [-0.15, -0.1) is 0 Å². The lowest BCUT2D eigenvalue weighted by molar-refractivity contribution is -0.141. The van der Waals surface area contributed by atoms with Crippen molar-refractivity contribution in [2.24, 2.45) is 5.73 Å². The van der Waals surface area contributed by atoms with E-state index in [1.165, 1.54) is 6.92 Å². The molecule has 3 unspecified atom stereocenters. The Labute approximate surface area is 153 Å². The number of nitrogens with one attached hydrogen (secondary N) is 3. The van der Waals surface area contributed by atoms with Crippen LogP contribution in [0.25, 0.3) is 0 Å². The van der Waals surface area contributed by atoms with Gasteiger partial charge in [0.1, 0.15) is 12.1 Å². The van der Waals surface area contributed by atoms with Crippen LogP contribution in [-0.4, -0.2) is 75.6 Å². The molecule has 0 bridgehead atoms. The smallest absolute Gasteiger partial charge is 0.325 e. The minimum Gasteiger partial charge on any atom is -0.481 e. The topological polar surface area (TPSA) is 225 Å². The second-order valence-corrected chi connectivity index (χ2v) is 5.54. The van der Waals surface area contributed by atoms with Gasteiger partial charge in [0, 0.05) is 6.42 Å². The molecule has 0 aliphatic carbocycles. The van der Waals surface area contributed by atoms with Crippen molar-refractivity contribution in [2.75, 3.05) is 6.54 Å². The molecule has 0 aromatic rings. The van der Waals surface area contributed by atoms with Crippen LogP contribution in [0.15, 0.2) is 0 Å². The molecular formula is C14H22N4O9. The number of rotatable bonds is 12. The van der Waals surface area contributed by atoms with E-state index >= 15 is 0 Å². The average Bonchev–Trinajstić information content (AvgIpc) is 2.55. The van der Waals surface area contributed by atoms with Crippen LogP contribution in [0.5, 0.6) is 0 Å². The predicted octanol–water partition coefficient (Wildman–Crippen LogP) is -3.16. The zero-order valence-electron chi connectivity index (χ0n) is 14.4. The highest BCUT2D eigenvalue weighted by molar-refractivity contribution is 5.93. The number of carboxylic acids is 3. The van der Waals surface area contributed by atoms with Crippen molar-refractivity contribution < 1.29 is 44.1 Å². The van der Waals surface area contributed by atoms with E-state index < -0.39 is 73.1 Å². The highest BCUT2D eigenvalue weighted by Gasteiger charge is 2.26. The Hall–Kier alpha value is -3.22. The van der Waals surface area contributed by atoms with Crippen LogP contribution in [0.3, 0.4) is 0 Å². The van der Waals surface area contributed by atoms with E-state index in [1.54, 1.807) is 0 Å². The van der Waals surface area contributed by atoms with E-state index in [4.69, 9.17) is 21.1 Å². The normalized spacial score (nSPS) is 13.6. The molecule has 0 rings (SSSR count). The fraction of sp³-hybridized carbons (Fsp3) is 0.571. The number of carbonyl (C=O) groups is 6. The van der Waals surface area contributed by atoms with E-state index in [2.05, 4.69) is 16.0 Å². The molecule has 13 nitrogen and oxygen atoms in total. The van der Waals surface area contributed by atoms with Gasteiger partial charge in [0.05, 0.1) is 19.0 Å². The third kappa shape index (κ3) is 10.4. The van der Waals surface area contributed by atoms with Crippen LogP contribution in [0.1, 0.15) is 26.2 Å². The molecule has 0 aliphatic rings. The monoisotopic (exact) mass is 390 g/mol. The maximum atomic E-state index is 12.1. The molecule has 0 radical (unpaired) electrons. The summed E-state index contributed by atoms with van der Waals surface area (Å²) in [6, 6.07) is -4.02. The Morgan fingerprint density at radius 3 is 2.00 bits per heavy atom. The van der Waals surface area contributed by atoms with Gasteiger partial charge >= 0.3 is 17.9 Å². The summed E-state index contributed by atoms with van der Waals surface area (Å²) >= 11 is 0. The second-order valence-electron chi connectivity index (χ2n) is 5.54. The first kappa shape index (κ1) is 23.8. The van der Waals surface area contributed by atoms with E-state index in [0.29, 0.717) is 0 Å². The zero-order chi connectivity index (χ0) is 21.1. The van der Waals surface area contributed by atoms with Crippen LogP contribution in [0.2, 0.25) is 0 Å². The highest BCUT2D eigenvalue weighted by atomic mass is 16.4. The van der Waals surface area contributed by atoms with Crippen LogP contribution in [0, 0.1) is 0 Å². The molecule has 8 N–H and O–H groups in total. The minimum absolute atomic E-state index is 0.333. The zero-order valence-corrected chi connectivity index (χ0v) is 14.4. The lowest BCUT2D eigenvalue weighted by atomic mass is 10.1. The first-order chi connectivity index (χ1) is 12.4. The van der Waals surface area contributed by atoms with Gasteiger partial charge in [-0.1, -0.05) is 0 Å².